The molecule has 0 atom stereocenters. The van der Waals surface area contributed by atoms with Crippen LogP contribution in [-0.2, 0) is 6.54 Å². The molecule has 3 heterocycles. The van der Waals surface area contributed by atoms with Crippen molar-refractivity contribution in [3.8, 4) is 11.3 Å². The lowest BCUT2D eigenvalue weighted by Gasteiger charge is -2.29. The number of hydrogen-bond donors (Lipinski definition) is 2. The standard InChI is InChI=1S/C14H18N4O/c19-13-3-6-18(7-4-13)10-12-9-16-17-14(12)11-2-1-5-15-8-11/h1-2,5,8-9,13,19H,3-4,6-7,10H2,(H,16,17). The summed E-state index contributed by atoms with van der Waals surface area (Å²) >= 11 is 0. The maximum Gasteiger partial charge on any atom is 0.0710 e. The summed E-state index contributed by atoms with van der Waals surface area (Å²) in [7, 11) is 0. The van der Waals surface area contributed by atoms with Gasteiger partial charge in [-0.2, -0.15) is 5.10 Å². The summed E-state index contributed by atoms with van der Waals surface area (Å²) < 4.78 is 0. The van der Waals surface area contributed by atoms with Crippen LogP contribution < -0.4 is 0 Å². The number of rotatable bonds is 3. The van der Waals surface area contributed by atoms with Gasteiger partial charge in [-0.25, -0.2) is 0 Å². The van der Waals surface area contributed by atoms with Gasteiger partial charge in [-0.05, 0) is 25.0 Å². The topological polar surface area (TPSA) is 65.0 Å². The first-order valence-corrected chi connectivity index (χ1v) is 6.66. The number of nitrogens with zero attached hydrogens (tertiary/aromatic N) is 3. The summed E-state index contributed by atoms with van der Waals surface area (Å²) in [5.41, 5.74) is 3.29. The Bertz CT molecular complexity index is 517. The first-order valence-electron chi connectivity index (χ1n) is 6.66. The van der Waals surface area contributed by atoms with Crippen LogP contribution in [0.4, 0.5) is 0 Å². The number of nitrogens with one attached hydrogen (secondary N) is 1. The first kappa shape index (κ1) is 12.3. The quantitative estimate of drug-likeness (QED) is 0.874. The minimum atomic E-state index is -0.126. The highest BCUT2D eigenvalue weighted by molar-refractivity contribution is 5.61. The molecule has 5 heteroatoms. The lowest BCUT2D eigenvalue weighted by atomic mass is 10.1. The number of likely N-dealkylation sites (tertiary alicyclic amines) is 1. The second kappa shape index (κ2) is 5.50. The van der Waals surface area contributed by atoms with E-state index < -0.39 is 0 Å². The molecule has 0 radical (unpaired) electrons. The van der Waals surface area contributed by atoms with Crippen LogP contribution in [0, 0.1) is 0 Å². The molecule has 1 saturated heterocycles. The highest BCUT2D eigenvalue weighted by Gasteiger charge is 2.18. The molecule has 0 aliphatic carbocycles. The Labute approximate surface area is 112 Å². The van der Waals surface area contributed by atoms with Crippen LogP contribution in [0.5, 0.6) is 0 Å². The largest absolute Gasteiger partial charge is 0.393 e. The van der Waals surface area contributed by atoms with Gasteiger partial charge >= 0.3 is 0 Å². The Balaban J connectivity index is 1.74. The van der Waals surface area contributed by atoms with Gasteiger partial charge in [-0.15, -0.1) is 0 Å². The van der Waals surface area contributed by atoms with Crippen LogP contribution in [0.1, 0.15) is 18.4 Å². The molecule has 1 aliphatic heterocycles. The van der Waals surface area contributed by atoms with E-state index in [0.717, 1.165) is 43.7 Å². The summed E-state index contributed by atoms with van der Waals surface area (Å²) in [6.45, 7) is 2.76. The molecule has 0 saturated carbocycles. The molecule has 0 amide bonds. The van der Waals surface area contributed by atoms with Gasteiger partial charge in [-0.3, -0.25) is 15.0 Å². The molecule has 2 aromatic heterocycles. The van der Waals surface area contributed by atoms with Gasteiger partial charge in [-0.1, -0.05) is 0 Å². The molecule has 2 N–H and O–H groups in total. The SMILES string of the molecule is OC1CCN(Cc2cn[nH]c2-c2cccnc2)CC1. The third-order valence-corrected chi connectivity index (χ3v) is 3.62. The van der Waals surface area contributed by atoms with E-state index in [-0.39, 0.29) is 6.10 Å². The van der Waals surface area contributed by atoms with Crippen molar-refractivity contribution in [2.24, 2.45) is 0 Å². The smallest absolute Gasteiger partial charge is 0.0710 e. The molecule has 100 valence electrons. The zero-order valence-corrected chi connectivity index (χ0v) is 10.8. The van der Waals surface area contributed by atoms with E-state index in [1.807, 2.05) is 24.5 Å². The predicted octanol–water partition coefficient (Wildman–Crippen LogP) is 1.43. The van der Waals surface area contributed by atoms with E-state index >= 15 is 0 Å². The van der Waals surface area contributed by atoms with Crippen LogP contribution in [0.2, 0.25) is 0 Å². The van der Waals surface area contributed by atoms with Crippen molar-refractivity contribution < 1.29 is 5.11 Å². The van der Waals surface area contributed by atoms with E-state index in [2.05, 4.69) is 20.1 Å². The maximum atomic E-state index is 9.53. The molecular formula is C14H18N4O. The second-order valence-electron chi connectivity index (χ2n) is 5.02. The van der Waals surface area contributed by atoms with Gasteiger partial charge < -0.3 is 5.11 Å². The molecule has 19 heavy (non-hydrogen) atoms. The molecular weight excluding hydrogens is 240 g/mol. The normalized spacial score (nSPS) is 17.7. The molecule has 0 bridgehead atoms. The van der Waals surface area contributed by atoms with E-state index in [9.17, 15) is 5.11 Å². The number of H-pyrrole nitrogens is 1. The molecule has 0 unspecified atom stereocenters. The predicted molar refractivity (Wildman–Crippen MR) is 72.3 cm³/mol. The van der Waals surface area contributed by atoms with Crippen molar-refractivity contribution in [3.05, 3.63) is 36.3 Å². The number of aromatic amines is 1. The fourth-order valence-corrected chi connectivity index (χ4v) is 2.51. The zero-order valence-electron chi connectivity index (χ0n) is 10.8. The highest BCUT2D eigenvalue weighted by atomic mass is 16.3. The van der Waals surface area contributed by atoms with Crippen LogP contribution in [-0.4, -0.2) is 44.4 Å². The Kier molecular flexibility index (Phi) is 3.57. The summed E-state index contributed by atoms with van der Waals surface area (Å²) in [6.07, 6.45) is 7.09. The highest BCUT2D eigenvalue weighted by Crippen LogP contribution is 2.22. The number of aliphatic hydroxyl groups excluding tert-OH is 1. The molecule has 5 nitrogen and oxygen atoms in total. The van der Waals surface area contributed by atoms with Crippen LogP contribution in [0.15, 0.2) is 30.7 Å². The van der Waals surface area contributed by atoms with E-state index in [4.69, 9.17) is 0 Å². The van der Waals surface area contributed by atoms with Gasteiger partial charge in [0.25, 0.3) is 0 Å². The first-order chi connectivity index (χ1) is 9.33. The molecule has 2 aromatic rings. The lowest BCUT2D eigenvalue weighted by molar-refractivity contribution is 0.0793. The van der Waals surface area contributed by atoms with E-state index in [0.29, 0.717) is 0 Å². The Hall–Kier alpha value is -1.72. The minimum absolute atomic E-state index is 0.126. The average molecular weight is 258 g/mol. The molecule has 0 aromatic carbocycles. The minimum Gasteiger partial charge on any atom is -0.393 e. The Morgan fingerprint density at radius 3 is 2.89 bits per heavy atom. The summed E-state index contributed by atoms with van der Waals surface area (Å²) in [5, 5.41) is 16.7. The van der Waals surface area contributed by atoms with Gasteiger partial charge in [0.15, 0.2) is 0 Å². The van der Waals surface area contributed by atoms with Crippen molar-refractivity contribution in [2.45, 2.75) is 25.5 Å². The number of aromatic nitrogens is 3. The van der Waals surface area contributed by atoms with Gasteiger partial charge in [0.05, 0.1) is 18.0 Å². The zero-order chi connectivity index (χ0) is 13.1. The Morgan fingerprint density at radius 1 is 1.32 bits per heavy atom. The van der Waals surface area contributed by atoms with Gasteiger partial charge in [0.2, 0.25) is 0 Å². The number of hydrogen-bond acceptors (Lipinski definition) is 4. The van der Waals surface area contributed by atoms with Crippen molar-refractivity contribution in [1.82, 2.24) is 20.1 Å². The number of piperidine rings is 1. The van der Waals surface area contributed by atoms with Gasteiger partial charge in [0.1, 0.15) is 0 Å². The monoisotopic (exact) mass is 258 g/mol. The lowest BCUT2D eigenvalue weighted by Crippen LogP contribution is -2.35. The molecule has 1 aliphatic rings. The molecule has 3 rings (SSSR count). The molecule has 0 spiro atoms. The summed E-state index contributed by atoms with van der Waals surface area (Å²) in [5.74, 6) is 0. The van der Waals surface area contributed by atoms with Crippen molar-refractivity contribution in [3.63, 3.8) is 0 Å². The second-order valence-corrected chi connectivity index (χ2v) is 5.02. The fourth-order valence-electron chi connectivity index (χ4n) is 2.51. The van der Waals surface area contributed by atoms with E-state index in [1.165, 1.54) is 5.56 Å². The third kappa shape index (κ3) is 2.83. The van der Waals surface area contributed by atoms with E-state index in [1.54, 1.807) is 6.20 Å². The third-order valence-electron chi connectivity index (χ3n) is 3.62. The van der Waals surface area contributed by atoms with Crippen molar-refractivity contribution in [1.29, 1.82) is 0 Å². The maximum absolute atomic E-state index is 9.53. The van der Waals surface area contributed by atoms with Crippen molar-refractivity contribution >= 4 is 0 Å². The van der Waals surface area contributed by atoms with Crippen LogP contribution >= 0.6 is 0 Å². The Morgan fingerprint density at radius 2 is 2.16 bits per heavy atom. The molecule has 1 fully saturated rings. The van der Waals surface area contributed by atoms with Crippen molar-refractivity contribution in [2.75, 3.05) is 13.1 Å². The number of aliphatic hydroxyl groups is 1. The van der Waals surface area contributed by atoms with Crippen LogP contribution in [0.3, 0.4) is 0 Å². The van der Waals surface area contributed by atoms with Crippen LogP contribution in [0.25, 0.3) is 11.3 Å². The fraction of sp³-hybridized carbons (Fsp3) is 0.429. The summed E-state index contributed by atoms with van der Waals surface area (Å²) in [4.78, 5) is 6.50. The average Bonchev–Trinajstić information content (AvgIpc) is 2.90. The van der Waals surface area contributed by atoms with Gasteiger partial charge in [0, 0.05) is 43.2 Å². The number of pyridine rings is 1. The summed E-state index contributed by atoms with van der Waals surface area (Å²) in [6, 6.07) is 3.96.